The van der Waals surface area contributed by atoms with Crippen LogP contribution in [0.15, 0.2) is 48.8 Å². The van der Waals surface area contributed by atoms with Gasteiger partial charge in [0.15, 0.2) is 0 Å². The van der Waals surface area contributed by atoms with Crippen LogP contribution in [0.4, 0.5) is 11.4 Å². The molecule has 0 bridgehead atoms. The molecular weight excluding hydrogens is 444 g/mol. The van der Waals surface area contributed by atoms with E-state index in [0.29, 0.717) is 6.54 Å². The summed E-state index contributed by atoms with van der Waals surface area (Å²) in [6, 6.07) is 12.0. The molecule has 6 nitrogen and oxygen atoms in total. The molecule has 7 heteroatoms. The number of fused-ring (bicyclic) bond motifs is 1. The van der Waals surface area contributed by atoms with Gasteiger partial charge in [0.05, 0.1) is 28.0 Å². The van der Waals surface area contributed by atoms with Crippen LogP contribution >= 0.6 is 10.0 Å². The Hall–Kier alpha value is -2.38. The van der Waals surface area contributed by atoms with E-state index in [1.165, 1.54) is 37.7 Å². The average Bonchev–Trinajstić information content (AvgIpc) is 3.20. The fourth-order valence-corrected chi connectivity index (χ4v) is 11.4. The Balaban J connectivity index is 1.53. The molecule has 3 aliphatic rings. The first-order valence-electron chi connectivity index (χ1n) is 12.6. The quantitative estimate of drug-likeness (QED) is 0.682. The minimum absolute atomic E-state index is 0.0139. The fraction of sp³-hybridized carbons (Fsp3) is 0.519. The summed E-state index contributed by atoms with van der Waals surface area (Å²) in [4.78, 5) is 35.1. The predicted molar refractivity (Wildman–Crippen MR) is 141 cm³/mol. The van der Waals surface area contributed by atoms with Gasteiger partial charge in [0, 0.05) is 32.4 Å². The van der Waals surface area contributed by atoms with Gasteiger partial charge >= 0.3 is 0 Å². The van der Waals surface area contributed by atoms with Crippen molar-refractivity contribution in [1.29, 1.82) is 0 Å². The molecule has 2 saturated heterocycles. The van der Waals surface area contributed by atoms with Gasteiger partial charge in [0.25, 0.3) is 0 Å². The van der Waals surface area contributed by atoms with Crippen molar-refractivity contribution >= 4 is 33.2 Å². The maximum atomic E-state index is 14.4. The first-order valence-corrected chi connectivity index (χ1v) is 14.7. The van der Waals surface area contributed by atoms with E-state index in [1.54, 1.807) is 6.92 Å². The van der Waals surface area contributed by atoms with Gasteiger partial charge in [-0.15, -0.1) is 0 Å². The summed E-state index contributed by atoms with van der Waals surface area (Å²) in [5.74, 6) is 2.53. The Labute approximate surface area is 204 Å². The summed E-state index contributed by atoms with van der Waals surface area (Å²) >= 11 is 0. The molecule has 0 saturated carbocycles. The molecule has 2 amide bonds. The zero-order chi connectivity index (χ0) is 23.7. The topological polar surface area (TPSA) is 65.5 Å². The highest BCUT2D eigenvalue weighted by molar-refractivity contribution is 8.35. The highest BCUT2D eigenvalue weighted by Gasteiger charge is 2.51. The molecule has 0 radical (unpaired) electrons. The third-order valence-electron chi connectivity index (χ3n) is 7.76. The smallest absolute Gasteiger partial charge is 0.240 e. The Morgan fingerprint density at radius 2 is 1.71 bits per heavy atom. The number of hydrogen-bond donors (Lipinski definition) is 1. The second-order valence-electron chi connectivity index (χ2n) is 9.92. The number of benzene rings is 1. The van der Waals surface area contributed by atoms with E-state index >= 15 is 0 Å². The van der Waals surface area contributed by atoms with Crippen LogP contribution in [0.25, 0.3) is 0 Å². The van der Waals surface area contributed by atoms with Crippen molar-refractivity contribution in [3.63, 3.8) is 0 Å². The summed E-state index contributed by atoms with van der Waals surface area (Å²) in [6.07, 6.45) is 10.0. The van der Waals surface area contributed by atoms with Gasteiger partial charge < -0.3 is 15.1 Å². The highest BCUT2D eigenvalue weighted by atomic mass is 32.3. The van der Waals surface area contributed by atoms with Crippen LogP contribution in [-0.2, 0) is 9.59 Å². The Bertz CT molecular complexity index is 1040. The molecule has 2 unspecified atom stereocenters. The van der Waals surface area contributed by atoms with Crippen LogP contribution in [-0.4, -0.2) is 52.7 Å². The summed E-state index contributed by atoms with van der Waals surface area (Å²) < 4.78 is 0. The van der Waals surface area contributed by atoms with Crippen LogP contribution in [0.1, 0.15) is 56.9 Å². The number of nitrogens with zero attached hydrogens (tertiary/aromatic N) is 3. The highest BCUT2D eigenvalue weighted by Crippen LogP contribution is 2.67. The third-order valence-corrected chi connectivity index (χ3v) is 12.7. The molecule has 4 heterocycles. The third kappa shape index (κ3) is 4.03. The van der Waals surface area contributed by atoms with Gasteiger partial charge in [0.2, 0.25) is 11.8 Å². The molecule has 1 spiro atoms. The van der Waals surface area contributed by atoms with Crippen molar-refractivity contribution in [2.45, 2.75) is 62.6 Å². The van der Waals surface area contributed by atoms with Crippen molar-refractivity contribution in [2.24, 2.45) is 0 Å². The molecule has 2 fully saturated rings. The van der Waals surface area contributed by atoms with Crippen molar-refractivity contribution < 1.29 is 9.59 Å². The fourth-order valence-electron chi connectivity index (χ4n) is 6.25. The summed E-state index contributed by atoms with van der Waals surface area (Å²) in [6.45, 7) is 4.91. The number of aromatic nitrogens is 1. The molecule has 3 aliphatic heterocycles. The number of carbonyl (C=O) groups excluding carboxylic acids is 2. The number of hydrogen-bond acceptors (Lipinski definition) is 4. The summed E-state index contributed by atoms with van der Waals surface area (Å²) in [7, 11) is -1.28. The maximum absolute atomic E-state index is 14.4. The number of pyridine rings is 1. The van der Waals surface area contributed by atoms with E-state index in [9.17, 15) is 9.59 Å². The minimum Gasteiger partial charge on any atom is -0.307 e. The van der Waals surface area contributed by atoms with E-state index < -0.39 is 10.0 Å². The van der Waals surface area contributed by atoms with Crippen molar-refractivity contribution in [3.8, 4) is 0 Å². The predicted octanol–water partition coefficient (Wildman–Crippen LogP) is 4.61. The lowest BCUT2D eigenvalue weighted by Gasteiger charge is -2.48. The van der Waals surface area contributed by atoms with Gasteiger partial charge in [-0.1, -0.05) is 37.5 Å². The van der Waals surface area contributed by atoms with Gasteiger partial charge in [-0.2, -0.15) is 0 Å². The average molecular weight is 481 g/mol. The SMILES string of the molecule is CC(=O)N1c2ccccc2N(C(=O)C2CNC(c3cccnc3)S23CCCCCCC3)C[C@@H]1C. The number of anilines is 2. The van der Waals surface area contributed by atoms with Crippen molar-refractivity contribution in [3.05, 3.63) is 54.4 Å². The molecule has 2 aromatic rings. The molecule has 182 valence electrons. The number of para-hydroxylation sites is 2. The molecular formula is C27H36N4O2S. The molecule has 1 aromatic heterocycles. The Morgan fingerprint density at radius 1 is 1.00 bits per heavy atom. The number of rotatable bonds is 2. The molecule has 1 aromatic carbocycles. The van der Waals surface area contributed by atoms with E-state index in [0.717, 1.165) is 29.4 Å². The molecule has 5 rings (SSSR count). The Morgan fingerprint density at radius 3 is 2.38 bits per heavy atom. The first-order chi connectivity index (χ1) is 16.5. The monoisotopic (exact) mass is 480 g/mol. The van der Waals surface area contributed by atoms with E-state index in [2.05, 4.69) is 16.4 Å². The number of nitrogens with one attached hydrogen (secondary N) is 1. The van der Waals surface area contributed by atoms with Crippen LogP contribution in [0.3, 0.4) is 0 Å². The van der Waals surface area contributed by atoms with E-state index in [1.807, 2.05) is 59.4 Å². The van der Waals surface area contributed by atoms with Crippen LogP contribution < -0.4 is 15.1 Å². The van der Waals surface area contributed by atoms with Crippen molar-refractivity contribution in [2.75, 3.05) is 34.4 Å². The van der Waals surface area contributed by atoms with Gasteiger partial charge in [-0.3, -0.25) is 14.6 Å². The lowest BCUT2D eigenvalue weighted by molar-refractivity contribution is -0.119. The summed E-state index contributed by atoms with van der Waals surface area (Å²) in [5.41, 5.74) is 2.94. The van der Waals surface area contributed by atoms with E-state index in [4.69, 9.17) is 0 Å². The maximum Gasteiger partial charge on any atom is 0.240 e. The second kappa shape index (κ2) is 9.70. The molecule has 3 atom stereocenters. The van der Waals surface area contributed by atoms with Gasteiger partial charge in [0.1, 0.15) is 0 Å². The van der Waals surface area contributed by atoms with Gasteiger partial charge in [-0.25, -0.2) is 10.0 Å². The zero-order valence-electron chi connectivity index (χ0n) is 20.3. The minimum atomic E-state index is -1.28. The van der Waals surface area contributed by atoms with Crippen LogP contribution in [0.2, 0.25) is 0 Å². The molecule has 34 heavy (non-hydrogen) atoms. The van der Waals surface area contributed by atoms with Crippen LogP contribution in [0.5, 0.6) is 0 Å². The second-order valence-corrected chi connectivity index (χ2v) is 13.8. The standard InChI is InChI=1S/C27H36N4O2S/c1-20-19-30(23-12-6-7-13-24(23)31(20)21(2)32)27(33)25-18-29-26(22-11-10-14-28-17-22)34(25)15-8-4-3-5-9-16-34/h6-7,10-14,17,20,25-26,29H,3-5,8-9,15-16,18-19H2,1-2H3/t20-,25?,26?/m0/s1. The lowest BCUT2D eigenvalue weighted by atomic mass is 10.1. The van der Waals surface area contributed by atoms with E-state index in [-0.39, 0.29) is 28.5 Å². The van der Waals surface area contributed by atoms with Gasteiger partial charge in [-0.05, 0) is 55.0 Å². The zero-order valence-corrected chi connectivity index (χ0v) is 21.1. The summed E-state index contributed by atoms with van der Waals surface area (Å²) in [5, 5.41) is 4.01. The Kier molecular flexibility index (Phi) is 6.67. The largest absolute Gasteiger partial charge is 0.307 e. The normalized spacial score (nSPS) is 27.5. The lowest BCUT2D eigenvalue weighted by Crippen LogP contribution is -2.54. The van der Waals surface area contributed by atoms with Crippen molar-refractivity contribution in [1.82, 2.24) is 10.3 Å². The number of amides is 2. The molecule has 0 aliphatic carbocycles. The number of carbonyl (C=O) groups is 2. The first kappa shape index (κ1) is 23.4. The molecule has 1 N–H and O–H groups in total. The van der Waals surface area contributed by atoms with Crippen LogP contribution in [0, 0.1) is 0 Å².